The molecule has 2 unspecified atom stereocenters. The number of ether oxygens (including phenoxy) is 3. The van der Waals surface area contributed by atoms with Gasteiger partial charge >= 0.3 is 17.9 Å². The predicted octanol–water partition coefficient (Wildman–Crippen LogP) is 1.94. The molecule has 0 aromatic heterocycles. The van der Waals surface area contributed by atoms with Crippen molar-refractivity contribution in [2.24, 2.45) is 10.9 Å². The van der Waals surface area contributed by atoms with Gasteiger partial charge in [-0.15, -0.1) is 0 Å². The summed E-state index contributed by atoms with van der Waals surface area (Å²) >= 11 is 0. The van der Waals surface area contributed by atoms with Crippen LogP contribution in [-0.2, 0) is 23.9 Å². The number of carboxylic acids is 1. The topological polar surface area (TPSA) is 111 Å². The summed E-state index contributed by atoms with van der Waals surface area (Å²) in [6.07, 6.45) is 0. The van der Waals surface area contributed by atoms with Crippen molar-refractivity contribution in [1.82, 2.24) is 0 Å². The van der Waals surface area contributed by atoms with Gasteiger partial charge in [-0.2, -0.15) is 0 Å². The number of carboxylic acid groups (broad SMARTS) is 1. The Kier molecular flexibility index (Phi) is 6.33. The number of carbonyl (C=O) groups excluding carboxylic acids is 2. The van der Waals surface area contributed by atoms with Crippen molar-refractivity contribution in [3.8, 4) is 5.75 Å². The van der Waals surface area contributed by atoms with Crippen molar-refractivity contribution in [2.75, 3.05) is 20.8 Å². The summed E-state index contributed by atoms with van der Waals surface area (Å²) in [5, 5.41) is 8.92. The second-order valence-electron chi connectivity index (χ2n) is 5.94. The highest BCUT2D eigenvalue weighted by Gasteiger charge is 2.43. The van der Waals surface area contributed by atoms with Crippen LogP contribution in [0, 0.1) is 5.92 Å². The molecule has 8 heteroatoms. The van der Waals surface area contributed by atoms with Crippen LogP contribution >= 0.6 is 0 Å². The van der Waals surface area contributed by atoms with Crippen LogP contribution in [0.15, 0.2) is 40.5 Å². The molecule has 8 nitrogen and oxygen atoms in total. The van der Waals surface area contributed by atoms with Crippen molar-refractivity contribution in [3.05, 3.63) is 41.1 Å². The summed E-state index contributed by atoms with van der Waals surface area (Å²) in [7, 11) is 2.49. The van der Waals surface area contributed by atoms with Crippen molar-refractivity contribution in [1.29, 1.82) is 0 Å². The Labute approximate surface area is 156 Å². The molecule has 0 aliphatic carbocycles. The quantitative estimate of drug-likeness (QED) is 0.756. The van der Waals surface area contributed by atoms with E-state index >= 15 is 0 Å². The molecule has 0 bridgehead atoms. The second kappa shape index (κ2) is 8.48. The standard InChI is InChI=1S/C19H21NO7/c1-10-15(18(23)25-3)17(16(11(2)20-10)19(24)26-4)12-7-5-6-8-13(12)27-9-14(21)22/h5-8,15,17H,9H2,1-4H3,(H,21,22). The van der Waals surface area contributed by atoms with E-state index < -0.39 is 36.4 Å². The number of carbonyl (C=O) groups is 3. The molecule has 1 aliphatic rings. The lowest BCUT2D eigenvalue weighted by molar-refractivity contribution is -0.144. The van der Waals surface area contributed by atoms with Gasteiger partial charge in [0.25, 0.3) is 0 Å². The van der Waals surface area contributed by atoms with Crippen molar-refractivity contribution in [3.63, 3.8) is 0 Å². The fraction of sp³-hybridized carbons (Fsp3) is 0.368. The van der Waals surface area contributed by atoms with E-state index in [1.54, 1.807) is 38.1 Å². The monoisotopic (exact) mass is 375 g/mol. The number of allylic oxidation sites excluding steroid dienone is 1. The molecule has 1 heterocycles. The molecule has 2 rings (SSSR count). The Morgan fingerprint density at radius 2 is 1.78 bits per heavy atom. The Hall–Kier alpha value is -3.16. The molecular weight excluding hydrogens is 354 g/mol. The van der Waals surface area contributed by atoms with Crippen LogP contribution < -0.4 is 4.74 Å². The summed E-state index contributed by atoms with van der Waals surface area (Å²) in [4.78, 5) is 40.2. The van der Waals surface area contributed by atoms with Crippen LogP contribution in [0.3, 0.4) is 0 Å². The molecule has 1 aromatic rings. The number of nitrogens with zero attached hydrogens (tertiary/aromatic N) is 1. The summed E-state index contributed by atoms with van der Waals surface area (Å²) in [5.74, 6) is -3.74. The summed E-state index contributed by atoms with van der Waals surface area (Å²) in [6, 6.07) is 6.64. The van der Waals surface area contributed by atoms with E-state index in [4.69, 9.17) is 19.3 Å². The number of aliphatic imine (C=N–C) groups is 1. The van der Waals surface area contributed by atoms with Crippen LogP contribution in [-0.4, -0.2) is 49.6 Å². The number of hydrogen-bond acceptors (Lipinski definition) is 7. The van der Waals surface area contributed by atoms with Crippen molar-refractivity contribution >= 4 is 23.6 Å². The molecule has 1 aliphatic heterocycles. The lowest BCUT2D eigenvalue weighted by Crippen LogP contribution is -2.36. The van der Waals surface area contributed by atoms with Gasteiger partial charge in [-0.05, 0) is 19.9 Å². The average Bonchev–Trinajstić information content (AvgIpc) is 2.64. The summed E-state index contributed by atoms with van der Waals surface area (Å²) in [6.45, 7) is 2.76. The molecule has 0 saturated carbocycles. The van der Waals surface area contributed by atoms with Gasteiger partial charge in [-0.25, -0.2) is 9.59 Å². The highest BCUT2D eigenvalue weighted by molar-refractivity contribution is 6.07. The lowest BCUT2D eigenvalue weighted by Gasteiger charge is -2.31. The zero-order valence-corrected chi connectivity index (χ0v) is 15.5. The van der Waals surface area contributed by atoms with Crippen LogP contribution in [0.5, 0.6) is 5.75 Å². The first kappa shape index (κ1) is 20.2. The molecule has 0 radical (unpaired) electrons. The maximum atomic E-state index is 12.5. The van der Waals surface area contributed by atoms with Crippen LogP contribution in [0.25, 0.3) is 0 Å². The molecule has 0 amide bonds. The molecule has 0 fully saturated rings. The first-order valence-corrected chi connectivity index (χ1v) is 8.17. The van der Waals surface area contributed by atoms with Gasteiger partial charge in [-0.1, -0.05) is 18.2 Å². The number of hydrogen-bond donors (Lipinski definition) is 1. The molecule has 1 N–H and O–H groups in total. The zero-order valence-electron chi connectivity index (χ0n) is 15.5. The fourth-order valence-corrected chi connectivity index (χ4v) is 3.19. The largest absolute Gasteiger partial charge is 0.482 e. The smallest absolute Gasteiger partial charge is 0.341 e. The Morgan fingerprint density at radius 3 is 2.37 bits per heavy atom. The van der Waals surface area contributed by atoms with E-state index in [9.17, 15) is 14.4 Å². The van der Waals surface area contributed by atoms with E-state index in [2.05, 4.69) is 4.99 Å². The Bertz CT molecular complexity index is 825. The van der Waals surface area contributed by atoms with Gasteiger partial charge in [0, 0.05) is 22.9 Å². The molecular formula is C19H21NO7. The minimum absolute atomic E-state index is 0.199. The molecule has 27 heavy (non-hydrogen) atoms. The number of rotatable bonds is 6. The van der Waals surface area contributed by atoms with Gasteiger partial charge in [0.05, 0.1) is 19.8 Å². The van der Waals surface area contributed by atoms with E-state index in [0.29, 0.717) is 17.0 Å². The number of benzene rings is 1. The SMILES string of the molecule is COC(=O)C1=C(C)N=C(C)C(C(=O)OC)C1c1ccccc1OCC(=O)O. The average molecular weight is 375 g/mol. The maximum Gasteiger partial charge on any atom is 0.341 e. The van der Waals surface area contributed by atoms with Crippen LogP contribution in [0.2, 0.25) is 0 Å². The third-order valence-electron chi connectivity index (χ3n) is 4.29. The Morgan fingerprint density at radius 1 is 1.11 bits per heavy atom. The highest BCUT2D eigenvalue weighted by Crippen LogP contribution is 2.43. The summed E-state index contributed by atoms with van der Waals surface area (Å²) < 4.78 is 15.2. The lowest BCUT2D eigenvalue weighted by atomic mass is 9.75. The molecule has 0 spiro atoms. The molecule has 1 aromatic carbocycles. The predicted molar refractivity (Wildman–Crippen MR) is 95.6 cm³/mol. The highest BCUT2D eigenvalue weighted by atomic mass is 16.5. The Balaban J connectivity index is 2.67. The van der Waals surface area contributed by atoms with Crippen LogP contribution in [0.1, 0.15) is 25.3 Å². The van der Waals surface area contributed by atoms with Crippen molar-refractivity contribution < 1.29 is 33.7 Å². The third kappa shape index (κ3) is 4.16. The van der Waals surface area contributed by atoms with Crippen LogP contribution in [0.4, 0.5) is 0 Å². The number of para-hydroxylation sites is 1. The molecule has 0 saturated heterocycles. The number of methoxy groups -OCH3 is 2. The van der Waals surface area contributed by atoms with E-state index in [1.807, 2.05) is 0 Å². The second-order valence-corrected chi connectivity index (χ2v) is 5.94. The van der Waals surface area contributed by atoms with E-state index in [-0.39, 0.29) is 11.3 Å². The van der Waals surface area contributed by atoms with E-state index in [0.717, 1.165) is 0 Å². The van der Waals surface area contributed by atoms with Gasteiger partial charge < -0.3 is 19.3 Å². The van der Waals surface area contributed by atoms with Crippen molar-refractivity contribution in [2.45, 2.75) is 19.8 Å². The van der Waals surface area contributed by atoms with Gasteiger partial charge in [-0.3, -0.25) is 9.79 Å². The van der Waals surface area contributed by atoms with Gasteiger partial charge in [0.2, 0.25) is 0 Å². The minimum Gasteiger partial charge on any atom is -0.482 e. The normalized spacial score (nSPS) is 19.2. The van der Waals surface area contributed by atoms with Gasteiger partial charge in [0.15, 0.2) is 6.61 Å². The molecule has 144 valence electrons. The minimum atomic E-state index is -1.14. The fourth-order valence-electron chi connectivity index (χ4n) is 3.19. The number of aliphatic carboxylic acids is 1. The first-order valence-electron chi connectivity index (χ1n) is 8.17. The zero-order chi connectivity index (χ0) is 20.1. The van der Waals surface area contributed by atoms with Gasteiger partial charge in [0.1, 0.15) is 11.7 Å². The molecule has 2 atom stereocenters. The van der Waals surface area contributed by atoms with E-state index in [1.165, 1.54) is 14.2 Å². The summed E-state index contributed by atoms with van der Waals surface area (Å²) in [5.41, 5.74) is 1.57. The third-order valence-corrected chi connectivity index (χ3v) is 4.29. The first-order chi connectivity index (χ1) is 12.8. The maximum absolute atomic E-state index is 12.5. The number of esters is 2.